The Morgan fingerprint density at radius 1 is 1.35 bits per heavy atom. The predicted octanol–water partition coefficient (Wildman–Crippen LogP) is 4.37. The van der Waals surface area contributed by atoms with Gasteiger partial charge in [0, 0.05) is 17.9 Å². The van der Waals surface area contributed by atoms with Gasteiger partial charge in [-0.05, 0) is 50.9 Å². The van der Waals surface area contributed by atoms with Crippen molar-refractivity contribution in [2.24, 2.45) is 0 Å². The number of hydrogen-bond acceptors (Lipinski definition) is 2. The number of halogens is 3. The van der Waals surface area contributed by atoms with Crippen LogP contribution in [-0.2, 0) is 6.42 Å². The Kier molecular flexibility index (Phi) is 7.59. The number of rotatable bonds is 4. The lowest BCUT2D eigenvalue weighted by molar-refractivity contribution is 0.00819. The Morgan fingerprint density at radius 2 is 2.05 bits per heavy atom. The van der Waals surface area contributed by atoms with E-state index in [1.807, 2.05) is 0 Å². The highest BCUT2D eigenvalue weighted by Crippen LogP contribution is 2.29. The minimum Gasteiger partial charge on any atom is -0.299 e. The van der Waals surface area contributed by atoms with Crippen molar-refractivity contribution in [3.05, 3.63) is 29.6 Å². The number of aromatic nitrogens is 1. The third kappa shape index (κ3) is 5.90. The van der Waals surface area contributed by atoms with Crippen molar-refractivity contribution in [1.82, 2.24) is 9.88 Å². The largest absolute Gasteiger partial charge is 0.379 e. The zero-order valence-electron chi connectivity index (χ0n) is 12.2. The Hall–Kier alpha value is -1.10. The van der Waals surface area contributed by atoms with Crippen LogP contribution in [0.15, 0.2) is 18.3 Å². The molecule has 0 radical (unpaired) electrons. The Bertz CT molecular complexity index is 365. The highest BCUT2D eigenvalue weighted by Gasteiger charge is 2.22. The van der Waals surface area contributed by atoms with Crippen LogP contribution in [0.1, 0.15) is 49.9 Å². The molecule has 1 saturated heterocycles. The van der Waals surface area contributed by atoms with E-state index in [1.54, 1.807) is 0 Å². The van der Waals surface area contributed by atoms with Gasteiger partial charge >= 0.3 is 6.68 Å². The number of pyridine rings is 1. The van der Waals surface area contributed by atoms with Gasteiger partial charge in [-0.15, -0.1) is 0 Å². The molecular weight excluding hydrogens is 265 g/mol. The van der Waals surface area contributed by atoms with Crippen LogP contribution in [0.3, 0.4) is 0 Å². The van der Waals surface area contributed by atoms with Crippen LogP contribution in [0.25, 0.3) is 0 Å². The van der Waals surface area contributed by atoms with Gasteiger partial charge in [-0.3, -0.25) is 9.88 Å². The first-order valence-electron chi connectivity index (χ1n) is 7.12. The van der Waals surface area contributed by atoms with Crippen molar-refractivity contribution < 1.29 is 13.2 Å². The van der Waals surface area contributed by atoms with Crippen LogP contribution in [-0.4, -0.2) is 30.2 Å². The van der Waals surface area contributed by atoms with Crippen molar-refractivity contribution in [2.75, 3.05) is 13.6 Å². The van der Waals surface area contributed by atoms with E-state index in [1.165, 1.54) is 43.5 Å². The smallest absolute Gasteiger partial charge is 0.299 e. The van der Waals surface area contributed by atoms with E-state index in [0.29, 0.717) is 6.04 Å². The number of aryl methyl sites for hydroxylation is 1. The quantitative estimate of drug-likeness (QED) is 0.818. The number of nitrogens with zero attached hydrogens (tertiary/aromatic N) is 2. The summed E-state index contributed by atoms with van der Waals surface area (Å²) in [6.07, 6.45) is 8.30. The van der Waals surface area contributed by atoms with Crippen molar-refractivity contribution >= 4 is 0 Å². The van der Waals surface area contributed by atoms with Gasteiger partial charge in [-0.25, -0.2) is 0 Å². The van der Waals surface area contributed by atoms with Crippen LogP contribution in [0.2, 0.25) is 0 Å². The molecule has 0 bridgehead atoms. The highest BCUT2D eigenvalue weighted by molar-refractivity contribution is 5.19. The standard InChI is InChI=1S/C14H22N2.CHF3/c1-3-4-6-13-9-8-12(11-15-13)14-7-5-10-16(14)2;2-1(3)4/h8-9,11,14H,3-7,10H2,1-2H3;1H. The van der Waals surface area contributed by atoms with Gasteiger partial charge in [0.25, 0.3) is 0 Å². The normalized spacial score (nSPS) is 19.0. The summed E-state index contributed by atoms with van der Waals surface area (Å²) in [6, 6.07) is 5.08. The third-order valence-corrected chi connectivity index (χ3v) is 3.54. The lowest BCUT2D eigenvalue weighted by Gasteiger charge is -2.19. The van der Waals surface area contributed by atoms with Crippen molar-refractivity contribution in [2.45, 2.75) is 51.7 Å². The van der Waals surface area contributed by atoms with Crippen LogP contribution in [0.5, 0.6) is 0 Å². The van der Waals surface area contributed by atoms with Gasteiger partial charge in [-0.1, -0.05) is 19.4 Å². The zero-order chi connectivity index (χ0) is 15.0. The van der Waals surface area contributed by atoms with E-state index in [4.69, 9.17) is 0 Å². The topological polar surface area (TPSA) is 16.1 Å². The molecule has 0 amide bonds. The zero-order valence-corrected chi connectivity index (χ0v) is 12.2. The van der Waals surface area contributed by atoms with Gasteiger partial charge < -0.3 is 0 Å². The third-order valence-electron chi connectivity index (χ3n) is 3.54. The van der Waals surface area contributed by atoms with Gasteiger partial charge in [0.1, 0.15) is 0 Å². The molecule has 5 heteroatoms. The molecular formula is C15H23F3N2. The summed E-state index contributed by atoms with van der Waals surface area (Å²) < 4.78 is 29.0. The number of alkyl halides is 3. The molecule has 1 aromatic heterocycles. The molecule has 2 nitrogen and oxygen atoms in total. The first kappa shape index (κ1) is 17.0. The minimum absolute atomic E-state index is 0.604. The highest BCUT2D eigenvalue weighted by atomic mass is 19.4. The van der Waals surface area contributed by atoms with E-state index >= 15 is 0 Å². The molecule has 0 aromatic carbocycles. The van der Waals surface area contributed by atoms with Crippen molar-refractivity contribution in [1.29, 1.82) is 0 Å². The molecule has 1 aromatic rings. The predicted molar refractivity (Wildman–Crippen MR) is 74.6 cm³/mol. The molecule has 0 N–H and O–H groups in total. The van der Waals surface area contributed by atoms with E-state index in [0.717, 1.165) is 6.42 Å². The number of likely N-dealkylation sites (tertiary alicyclic amines) is 1. The Labute approximate surface area is 119 Å². The lowest BCUT2D eigenvalue weighted by Crippen LogP contribution is -2.17. The molecule has 0 spiro atoms. The molecule has 1 atom stereocenters. The fourth-order valence-corrected chi connectivity index (χ4v) is 2.47. The molecule has 20 heavy (non-hydrogen) atoms. The number of unbranched alkanes of at least 4 members (excludes halogenated alkanes) is 1. The van der Waals surface area contributed by atoms with E-state index in [9.17, 15) is 13.2 Å². The minimum atomic E-state index is -3.67. The van der Waals surface area contributed by atoms with Crippen molar-refractivity contribution in [3.8, 4) is 0 Å². The van der Waals surface area contributed by atoms with Crippen molar-refractivity contribution in [3.63, 3.8) is 0 Å². The second-order valence-electron chi connectivity index (χ2n) is 5.07. The second kappa shape index (κ2) is 8.95. The van der Waals surface area contributed by atoms with Gasteiger partial charge in [0.2, 0.25) is 0 Å². The maximum Gasteiger partial charge on any atom is 0.379 e. The molecule has 2 rings (SSSR count). The van der Waals surface area contributed by atoms with Crippen LogP contribution < -0.4 is 0 Å². The Balaban J connectivity index is 0.000000444. The molecule has 1 aliphatic rings. The molecule has 2 heterocycles. The molecule has 1 aliphatic heterocycles. The van der Waals surface area contributed by atoms with Crippen LogP contribution in [0, 0.1) is 0 Å². The average Bonchev–Trinajstić information content (AvgIpc) is 2.83. The summed E-state index contributed by atoms with van der Waals surface area (Å²) >= 11 is 0. The van der Waals surface area contributed by atoms with Gasteiger partial charge in [0.15, 0.2) is 0 Å². The first-order valence-corrected chi connectivity index (χ1v) is 7.12. The first-order chi connectivity index (χ1) is 9.54. The lowest BCUT2D eigenvalue weighted by atomic mass is 10.1. The molecule has 114 valence electrons. The maximum atomic E-state index is 9.67. The summed E-state index contributed by atoms with van der Waals surface area (Å²) in [5.74, 6) is 0. The average molecular weight is 288 g/mol. The van der Waals surface area contributed by atoms with Crippen LogP contribution >= 0.6 is 0 Å². The maximum absolute atomic E-state index is 9.67. The van der Waals surface area contributed by atoms with Crippen LogP contribution in [0.4, 0.5) is 13.2 Å². The second-order valence-corrected chi connectivity index (χ2v) is 5.07. The molecule has 1 unspecified atom stereocenters. The summed E-state index contributed by atoms with van der Waals surface area (Å²) in [7, 11) is 2.21. The summed E-state index contributed by atoms with van der Waals surface area (Å²) in [5, 5.41) is 0. The van der Waals surface area contributed by atoms with Gasteiger partial charge in [0.05, 0.1) is 0 Å². The molecule has 1 fully saturated rings. The molecule has 0 saturated carbocycles. The molecule has 0 aliphatic carbocycles. The Morgan fingerprint density at radius 3 is 2.50 bits per heavy atom. The van der Waals surface area contributed by atoms with E-state index in [-0.39, 0.29) is 0 Å². The monoisotopic (exact) mass is 288 g/mol. The van der Waals surface area contributed by atoms with E-state index < -0.39 is 6.68 Å². The fraction of sp³-hybridized carbons (Fsp3) is 0.667. The SMILES string of the molecule is CCCCc1ccc(C2CCCN2C)cn1.FC(F)F. The summed E-state index contributed by atoms with van der Waals surface area (Å²) in [6.45, 7) is -0.218. The van der Waals surface area contributed by atoms with E-state index in [2.05, 4.69) is 42.2 Å². The van der Waals surface area contributed by atoms with Gasteiger partial charge in [-0.2, -0.15) is 13.2 Å². The summed E-state index contributed by atoms with van der Waals surface area (Å²) in [4.78, 5) is 7.00. The summed E-state index contributed by atoms with van der Waals surface area (Å²) in [5.41, 5.74) is 2.63. The fourth-order valence-electron chi connectivity index (χ4n) is 2.47. The number of hydrogen-bond donors (Lipinski definition) is 0.